The first-order valence-corrected chi connectivity index (χ1v) is 13.2. The van der Waals surface area contributed by atoms with Crippen LogP contribution in [0.1, 0.15) is 50.6 Å². The Kier molecular flexibility index (Phi) is 8.49. The quantitative estimate of drug-likeness (QED) is 0.548. The normalized spacial score (nSPS) is 18.0. The molecule has 1 aromatic carbocycles. The Morgan fingerprint density at radius 3 is 2.41 bits per heavy atom. The van der Waals surface area contributed by atoms with Crippen LogP contribution in [0.5, 0.6) is 0 Å². The maximum Gasteiger partial charge on any atom is 0.410 e. The van der Waals surface area contributed by atoms with Gasteiger partial charge in [0.05, 0.1) is 6.54 Å². The van der Waals surface area contributed by atoms with E-state index >= 15 is 0 Å². The second-order valence-electron chi connectivity index (χ2n) is 10.6. The molecule has 2 aliphatic heterocycles. The molecule has 2 saturated heterocycles. The van der Waals surface area contributed by atoms with Crippen LogP contribution >= 0.6 is 11.6 Å². The largest absolute Gasteiger partial charge is 0.444 e. The minimum absolute atomic E-state index is 0.00461. The van der Waals surface area contributed by atoms with Crippen molar-refractivity contribution in [1.82, 2.24) is 34.9 Å². The molecule has 0 atom stereocenters. The third-order valence-electron chi connectivity index (χ3n) is 6.63. The lowest BCUT2D eigenvalue weighted by molar-refractivity contribution is -0.128. The van der Waals surface area contributed by atoms with Crippen molar-refractivity contribution in [2.75, 3.05) is 39.3 Å². The second kappa shape index (κ2) is 11.6. The molecule has 200 valence electrons. The van der Waals surface area contributed by atoms with Crippen molar-refractivity contribution >= 4 is 29.7 Å². The van der Waals surface area contributed by atoms with E-state index in [4.69, 9.17) is 16.3 Å². The van der Waals surface area contributed by atoms with E-state index in [1.165, 1.54) is 4.80 Å². The van der Waals surface area contributed by atoms with Gasteiger partial charge < -0.3 is 14.5 Å². The van der Waals surface area contributed by atoms with Crippen LogP contribution in [0.15, 0.2) is 24.3 Å². The van der Waals surface area contributed by atoms with Crippen molar-refractivity contribution in [2.24, 2.45) is 0 Å². The van der Waals surface area contributed by atoms with Gasteiger partial charge in [0.2, 0.25) is 5.91 Å². The zero-order valence-corrected chi connectivity index (χ0v) is 22.8. The summed E-state index contributed by atoms with van der Waals surface area (Å²) in [5, 5.41) is 12.8. The molecule has 0 spiro atoms. The number of hydrogen-bond acceptors (Lipinski definition) is 7. The summed E-state index contributed by atoms with van der Waals surface area (Å²) in [4.78, 5) is 32.9. The number of carbonyl (C=O) groups is 2. The van der Waals surface area contributed by atoms with E-state index in [9.17, 15) is 9.59 Å². The number of carbonyl (C=O) groups excluding carboxylic acids is 2. The van der Waals surface area contributed by atoms with Gasteiger partial charge in [-0.1, -0.05) is 17.7 Å². The Labute approximate surface area is 223 Å². The number of piperazine rings is 1. The molecule has 2 aliphatic rings. The Morgan fingerprint density at radius 1 is 1.08 bits per heavy atom. The van der Waals surface area contributed by atoms with Crippen molar-refractivity contribution in [3.05, 3.63) is 46.2 Å². The molecule has 3 heterocycles. The maximum atomic E-state index is 12.9. The van der Waals surface area contributed by atoms with Crippen molar-refractivity contribution < 1.29 is 14.3 Å². The number of halogens is 1. The number of ether oxygens (including phenoxy) is 1. The summed E-state index contributed by atoms with van der Waals surface area (Å²) in [5.41, 5.74) is 1.33. The highest BCUT2D eigenvalue weighted by Gasteiger charge is 2.31. The van der Waals surface area contributed by atoms with Gasteiger partial charge in [0.1, 0.15) is 5.60 Å². The number of aromatic nitrogens is 4. The van der Waals surface area contributed by atoms with E-state index in [-0.39, 0.29) is 12.0 Å². The van der Waals surface area contributed by atoms with Crippen LogP contribution in [0.25, 0.3) is 6.08 Å². The Hall–Kier alpha value is -2.98. The molecule has 10 nitrogen and oxygen atoms in total. The zero-order valence-electron chi connectivity index (χ0n) is 22.1. The number of benzene rings is 1. The molecule has 0 radical (unpaired) electrons. The lowest BCUT2D eigenvalue weighted by Gasteiger charge is -2.42. The highest BCUT2D eigenvalue weighted by atomic mass is 35.5. The third-order valence-corrected chi connectivity index (χ3v) is 6.87. The maximum absolute atomic E-state index is 12.9. The van der Waals surface area contributed by atoms with Crippen molar-refractivity contribution in [1.29, 1.82) is 0 Å². The molecular formula is C26H36ClN7O3. The van der Waals surface area contributed by atoms with Crippen LogP contribution in [-0.2, 0) is 16.1 Å². The van der Waals surface area contributed by atoms with Gasteiger partial charge in [0, 0.05) is 56.4 Å². The summed E-state index contributed by atoms with van der Waals surface area (Å²) in [7, 11) is 0. The van der Waals surface area contributed by atoms with E-state index < -0.39 is 5.60 Å². The molecule has 2 aromatic rings. The fourth-order valence-electron chi connectivity index (χ4n) is 4.73. The summed E-state index contributed by atoms with van der Waals surface area (Å²) in [6, 6.07) is 5.99. The zero-order chi connectivity index (χ0) is 26.6. The summed E-state index contributed by atoms with van der Waals surface area (Å²) in [6.07, 6.45) is 5.07. The van der Waals surface area contributed by atoms with Crippen molar-refractivity contribution in [3.63, 3.8) is 0 Å². The van der Waals surface area contributed by atoms with Gasteiger partial charge in [0.15, 0.2) is 5.82 Å². The van der Waals surface area contributed by atoms with Gasteiger partial charge in [-0.05, 0) is 75.1 Å². The number of hydrogen-bond donors (Lipinski definition) is 0. The van der Waals surface area contributed by atoms with Gasteiger partial charge in [-0.2, -0.15) is 4.80 Å². The topological polar surface area (TPSA) is 96.7 Å². The number of piperidine rings is 1. The first kappa shape index (κ1) is 27.1. The predicted molar refractivity (Wildman–Crippen MR) is 141 cm³/mol. The Bertz CT molecular complexity index is 1130. The van der Waals surface area contributed by atoms with Gasteiger partial charge >= 0.3 is 6.09 Å². The molecule has 37 heavy (non-hydrogen) atoms. The highest BCUT2D eigenvalue weighted by molar-refractivity contribution is 6.30. The number of tetrazole rings is 1. The summed E-state index contributed by atoms with van der Waals surface area (Å²) in [6.45, 7) is 12.3. The van der Waals surface area contributed by atoms with Crippen LogP contribution in [0.4, 0.5) is 4.79 Å². The fourth-order valence-corrected chi connectivity index (χ4v) is 4.93. The summed E-state index contributed by atoms with van der Waals surface area (Å²) >= 11 is 6.20. The van der Waals surface area contributed by atoms with Crippen LogP contribution in [0.3, 0.4) is 0 Å². The number of rotatable bonds is 5. The lowest BCUT2D eigenvalue weighted by atomic mass is 10.0. The van der Waals surface area contributed by atoms with Gasteiger partial charge in [-0.15, -0.1) is 10.2 Å². The number of aryl methyl sites for hydroxylation is 1. The van der Waals surface area contributed by atoms with E-state index in [0.717, 1.165) is 37.1 Å². The molecule has 0 aliphatic carbocycles. The van der Waals surface area contributed by atoms with E-state index in [0.29, 0.717) is 49.6 Å². The number of amides is 2. The Balaban J connectivity index is 1.27. The van der Waals surface area contributed by atoms with E-state index in [2.05, 4.69) is 20.3 Å². The standard InChI is InChI=1S/C26H36ClN7O3/c1-19-28-30-34(29-19)18-21-17-22(27)7-5-20(21)6-8-24(35)32-15-13-31(14-16-32)23-9-11-33(12-10-23)25(36)37-26(2,3)4/h5-8,17,23H,9-16,18H2,1-4H3. The van der Waals surface area contributed by atoms with Crippen LogP contribution in [-0.4, -0.2) is 97.8 Å². The van der Waals surface area contributed by atoms with Crippen LogP contribution in [0.2, 0.25) is 5.02 Å². The predicted octanol–water partition coefficient (Wildman–Crippen LogP) is 3.24. The van der Waals surface area contributed by atoms with Crippen LogP contribution < -0.4 is 0 Å². The fraction of sp³-hybridized carbons (Fsp3) is 0.577. The SMILES string of the molecule is Cc1nnn(Cc2cc(Cl)ccc2C=CC(=O)N2CCN(C3CCN(C(=O)OC(C)(C)C)CC3)CC2)n1. The minimum atomic E-state index is -0.478. The monoisotopic (exact) mass is 529 g/mol. The van der Waals surface area contributed by atoms with Gasteiger partial charge in [0.25, 0.3) is 0 Å². The molecule has 0 bridgehead atoms. The van der Waals surface area contributed by atoms with Gasteiger partial charge in [-0.25, -0.2) is 4.79 Å². The molecule has 0 unspecified atom stereocenters. The Morgan fingerprint density at radius 2 is 1.78 bits per heavy atom. The molecule has 2 amide bonds. The molecule has 2 fully saturated rings. The molecular weight excluding hydrogens is 494 g/mol. The molecule has 0 N–H and O–H groups in total. The number of likely N-dealkylation sites (tertiary alicyclic amines) is 1. The van der Waals surface area contributed by atoms with Crippen molar-refractivity contribution in [2.45, 2.75) is 58.7 Å². The molecule has 11 heteroatoms. The molecule has 4 rings (SSSR count). The van der Waals surface area contributed by atoms with E-state index in [1.54, 1.807) is 17.9 Å². The van der Waals surface area contributed by atoms with Gasteiger partial charge in [-0.3, -0.25) is 9.69 Å². The second-order valence-corrected chi connectivity index (χ2v) is 11.0. The molecule has 1 aromatic heterocycles. The molecule has 0 saturated carbocycles. The first-order chi connectivity index (χ1) is 17.6. The highest BCUT2D eigenvalue weighted by Crippen LogP contribution is 2.21. The summed E-state index contributed by atoms with van der Waals surface area (Å²) < 4.78 is 5.50. The van der Waals surface area contributed by atoms with E-state index in [1.807, 2.05) is 49.9 Å². The van der Waals surface area contributed by atoms with Crippen LogP contribution in [0, 0.1) is 6.92 Å². The van der Waals surface area contributed by atoms with Crippen molar-refractivity contribution in [3.8, 4) is 0 Å². The average molecular weight is 530 g/mol. The lowest BCUT2D eigenvalue weighted by Crippen LogP contribution is -2.54. The first-order valence-electron chi connectivity index (χ1n) is 12.8. The third kappa shape index (κ3) is 7.52. The smallest absolute Gasteiger partial charge is 0.410 e. The minimum Gasteiger partial charge on any atom is -0.444 e. The average Bonchev–Trinajstić information content (AvgIpc) is 3.27. The summed E-state index contributed by atoms with van der Waals surface area (Å²) in [5.74, 6) is 0.594. The number of nitrogens with zero attached hydrogens (tertiary/aromatic N) is 7.